The summed E-state index contributed by atoms with van der Waals surface area (Å²) in [6, 6.07) is 15.3. The number of hydrogen-bond donors (Lipinski definition) is 0. The fourth-order valence-corrected chi connectivity index (χ4v) is 4.69. The molecule has 0 bridgehead atoms. The molecule has 33 heavy (non-hydrogen) atoms. The van der Waals surface area contributed by atoms with E-state index < -0.39 is 0 Å². The highest BCUT2D eigenvalue weighted by molar-refractivity contribution is 6.35. The molecule has 2 aromatic carbocycles. The van der Waals surface area contributed by atoms with E-state index >= 15 is 0 Å². The highest BCUT2D eigenvalue weighted by Crippen LogP contribution is 2.27. The lowest BCUT2D eigenvalue weighted by Crippen LogP contribution is -2.48. The topological polar surface area (TPSA) is 54.3 Å². The van der Waals surface area contributed by atoms with Crippen LogP contribution in [0.2, 0.25) is 10.0 Å². The van der Waals surface area contributed by atoms with Gasteiger partial charge in [0.05, 0.1) is 23.0 Å². The van der Waals surface area contributed by atoms with Crippen molar-refractivity contribution in [2.75, 3.05) is 26.2 Å². The normalized spacial score (nSPS) is 14.7. The van der Waals surface area contributed by atoms with Crippen LogP contribution in [0.25, 0.3) is 22.2 Å². The van der Waals surface area contributed by atoms with Crippen molar-refractivity contribution >= 4 is 40.0 Å². The van der Waals surface area contributed by atoms with Gasteiger partial charge in [-0.2, -0.15) is 5.10 Å². The molecule has 0 N–H and O–H groups in total. The third kappa shape index (κ3) is 4.60. The standard InChI is InChI=1S/C25H23Cl2N5O/c1-30-15-18(14-28-30)24-13-21(20-4-2-3-5-23(20)29-24)25(33)32-10-8-31(9-11-32)16-17-6-7-19(26)12-22(17)27/h2-7,12-15H,8-11,16H2,1H3. The van der Waals surface area contributed by atoms with Gasteiger partial charge in [0.25, 0.3) is 5.91 Å². The summed E-state index contributed by atoms with van der Waals surface area (Å²) in [6.07, 6.45) is 3.68. The first kappa shape index (κ1) is 21.9. The van der Waals surface area contributed by atoms with Crippen LogP contribution in [0.1, 0.15) is 15.9 Å². The van der Waals surface area contributed by atoms with Crippen molar-refractivity contribution in [1.82, 2.24) is 24.6 Å². The van der Waals surface area contributed by atoms with Crippen molar-refractivity contribution in [1.29, 1.82) is 0 Å². The van der Waals surface area contributed by atoms with Crippen LogP contribution in [0.4, 0.5) is 0 Å². The molecule has 0 aliphatic carbocycles. The van der Waals surface area contributed by atoms with E-state index in [0.717, 1.165) is 47.4 Å². The summed E-state index contributed by atoms with van der Waals surface area (Å²) in [7, 11) is 1.87. The number of aromatic nitrogens is 3. The summed E-state index contributed by atoms with van der Waals surface area (Å²) in [5, 5.41) is 6.42. The minimum atomic E-state index is 0.0305. The van der Waals surface area contributed by atoms with Crippen LogP contribution in [0.5, 0.6) is 0 Å². The van der Waals surface area contributed by atoms with Crippen LogP contribution in [0.3, 0.4) is 0 Å². The highest BCUT2D eigenvalue weighted by atomic mass is 35.5. The van der Waals surface area contributed by atoms with Gasteiger partial charge in [-0.15, -0.1) is 0 Å². The quantitative estimate of drug-likeness (QED) is 0.417. The minimum absolute atomic E-state index is 0.0305. The molecule has 6 nitrogen and oxygen atoms in total. The number of para-hydroxylation sites is 1. The van der Waals surface area contributed by atoms with Crippen molar-refractivity contribution in [3.8, 4) is 11.3 Å². The molecular formula is C25H23Cl2N5O. The third-order valence-corrected chi connectivity index (χ3v) is 6.60. The third-order valence-electron chi connectivity index (χ3n) is 6.02. The van der Waals surface area contributed by atoms with Gasteiger partial charge in [-0.25, -0.2) is 4.98 Å². The lowest BCUT2D eigenvalue weighted by molar-refractivity contribution is 0.0630. The van der Waals surface area contributed by atoms with E-state index in [1.165, 1.54) is 0 Å². The Kier molecular flexibility index (Phi) is 6.06. The van der Waals surface area contributed by atoms with E-state index in [4.69, 9.17) is 28.2 Å². The molecule has 8 heteroatoms. The molecule has 2 aromatic heterocycles. The maximum Gasteiger partial charge on any atom is 0.254 e. The minimum Gasteiger partial charge on any atom is -0.336 e. The van der Waals surface area contributed by atoms with Gasteiger partial charge >= 0.3 is 0 Å². The Bertz CT molecular complexity index is 1330. The molecule has 168 valence electrons. The molecule has 1 amide bonds. The van der Waals surface area contributed by atoms with Crippen molar-refractivity contribution in [2.45, 2.75) is 6.54 Å². The number of rotatable bonds is 4. The van der Waals surface area contributed by atoms with Gasteiger partial charge in [-0.3, -0.25) is 14.4 Å². The van der Waals surface area contributed by atoms with Gasteiger partial charge in [0, 0.05) is 67.0 Å². The SMILES string of the molecule is Cn1cc(-c2cc(C(=O)N3CCN(Cc4ccc(Cl)cc4Cl)CC3)c3ccccc3n2)cn1. The Morgan fingerprint density at radius 2 is 1.82 bits per heavy atom. The summed E-state index contributed by atoms with van der Waals surface area (Å²) in [6.45, 7) is 3.61. The second kappa shape index (κ2) is 9.14. The van der Waals surface area contributed by atoms with E-state index in [1.54, 1.807) is 16.9 Å². The largest absolute Gasteiger partial charge is 0.336 e. The number of benzene rings is 2. The smallest absolute Gasteiger partial charge is 0.254 e. The van der Waals surface area contributed by atoms with Crippen LogP contribution < -0.4 is 0 Å². The first-order chi connectivity index (χ1) is 16.0. The predicted octanol–water partition coefficient (Wildman–Crippen LogP) is 4.90. The number of piperazine rings is 1. The number of amides is 1. The number of carbonyl (C=O) groups is 1. The number of aryl methyl sites for hydroxylation is 1. The molecule has 3 heterocycles. The Balaban J connectivity index is 1.36. The van der Waals surface area contributed by atoms with Crippen LogP contribution in [-0.2, 0) is 13.6 Å². The molecule has 0 saturated carbocycles. The number of nitrogens with zero attached hydrogens (tertiary/aromatic N) is 5. The van der Waals surface area contributed by atoms with Gasteiger partial charge in [0.1, 0.15) is 0 Å². The Hall–Kier alpha value is -2.93. The van der Waals surface area contributed by atoms with Crippen LogP contribution in [0, 0.1) is 0 Å². The van der Waals surface area contributed by atoms with Gasteiger partial charge in [-0.05, 0) is 29.8 Å². The predicted molar refractivity (Wildman–Crippen MR) is 132 cm³/mol. The van der Waals surface area contributed by atoms with E-state index in [1.807, 2.05) is 60.6 Å². The lowest BCUT2D eigenvalue weighted by atomic mass is 10.0. The van der Waals surface area contributed by atoms with Gasteiger partial charge in [-0.1, -0.05) is 47.5 Å². The highest BCUT2D eigenvalue weighted by Gasteiger charge is 2.25. The Labute approximate surface area is 202 Å². The van der Waals surface area contributed by atoms with Crippen molar-refractivity contribution in [2.24, 2.45) is 7.05 Å². The van der Waals surface area contributed by atoms with Crippen molar-refractivity contribution < 1.29 is 4.79 Å². The van der Waals surface area contributed by atoms with Crippen LogP contribution in [0.15, 0.2) is 60.9 Å². The van der Waals surface area contributed by atoms with Crippen molar-refractivity contribution in [3.63, 3.8) is 0 Å². The molecule has 1 saturated heterocycles. The first-order valence-electron chi connectivity index (χ1n) is 10.8. The maximum atomic E-state index is 13.6. The summed E-state index contributed by atoms with van der Waals surface area (Å²) < 4.78 is 1.74. The maximum absolute atomic E-state index is 13.6. The summed E-state index contributed by atoms with van der Waals surface area (Å²) >= 11 is 12.4. The number of carbonyl (C=O) groups excluding carboxylic acids is 1. The zero-order valence-corrected chi connectivity index (χ0v) is 19.7. The molecular weight excluding hydrogens is 457 g/mol. The molecule has 4 aromatic rings. The molecule has 1 aliphatic rings. The second-order valence-corrected chi connectivity index (χ2v) is 9.12. The Morgan fingerprint density at radius 3 is 2.55 bits per heavy atom. The van der Waals surface area contributed by atoms with Gasteiger partial charge < -0.3 is 4.90 Å². The Morgan fingerprint density at radius 1 is 1.03 bits per heavy atom. The fraction of sp³-hybridized carbons (Fsp3) is 0.240. The summed E-state index contributed by atoms with van der Waals surface area (Å²) in [4.78, 5) is 22.6. The van der Waals surface area contributed by atoms with E-state index in [2.05, 4.69) is 10.00 Å². The zero-order chi connectivity index (χ0) is 22.9. The zero-order valence-electron chi connectivity index (χ0n) is 18.2. The average molecular weight is 480 g/mol. The molecule has 0 spiro atoms. The van der Waals surface area contributed by atoms with E-state index in [9.17, 15) is 4.79 Å². The van der Waals surface area contributed by atoms with Crippen LogP contribution in [-0.4, -0.2) is 56.7 Å². The summed E-state index contributed by atoms with van der Waals surface area (Å²) in [5.74, 6) is 0.0305. The van der Waals surface area contributed by atoms with Gasteiger partial charge in [0.2, 0.25) is 0 Å². The van der Waals surface area contributed by atoms with Crippen molar-refractivity contribution in [3.05, 3.63) is 82.1 Å². The molecule has 0 unspecified atom stereocenters. The van der Waals surface area contributed by atoms with E-state index in [0.29, 0.717) is 28.7 Å². The average Bonchev–Trinajstić information content (AvgIpc) is 3.26. The molecule has 5 rings (SSSR count). The number of halogens is 2. The number of pyridine rings is 1. The monoisotopic (exact) mass is 479 g/mol. The lowest BCUT2D eigenvalue weighted by Gasteiger charge is -2.35. The van der Waals surface area contributed by atoms with Gasteiger partial charge in [0.15, 0.2) is 0 Å². The summed E-state index contributed by atoms with van der Waals surface area (Å²) in [5.41, 5.74) is 4.16. The molecule has 1 aliphatic heterocycles. The molecule has 0 atom stereocenters. The first-order valence-corrected chi connectivity index (χ1v) is 11.6. The number of hydrogen-bond acceptors (Lipinski definition) is 4. The van der Waals surface area contributed by atoms with Crippen LogP contribution >= 0.6 is 23.2 Å². The number of fused-ring (bicyclic) bond motifs is 1. The fourth-order valence-electron chi connectivity index (χ4n) is 4.22. The second-order valence-electron chi connectivity index (χ2n) is 8.28. The molecule has 0 radical (unpaired) electrons. The van der Waals surface area contributed by atoms with E-state index in [-0.39, 0.29) is 5.91 Å². The molecule has 1 fully saturated rings.